The van der Waals surface area contributed by atoms with E-state index in [0.717, 1.165) is 22.6 Å². The van der Waals surface area contributed by atoms with Crippen molar-refractivity contribution in [3.05, 3.63) is 95.6 Å². The number of anilines is 2. The number of carbonyl (C=O) groups is 5. The summed E-state index contributed by atoms with van der Waals surface area (Å²) in [6, 6.07) is 19.4. The maximum Gasteiger partial charge on any atom is 0.339 e. The molecule has 4 aliphatic rings. The summed E-state index contributed by atoms with van der Waals surface area (Å²) < 4.78 is 5.94. The number of aliphatic hydroxyl groups is 1. The Morgan fingerprint density at radius 2 is 1.62 bits per heavy atom. The van der Waals surface area contributed by atoms with Gasteiger partial charge in [-0.3, -0.25) is 19.2 Å². The van der Waals surface area contributed by atoms with E-state index in [1.54, 1.807) is 49.4 Å². The minimum Gasteiger partial charge on any atom is -0.507 e. The summed E-state index contributed by atoms with van der Waals surface area (Å²) in [6.07, 6.45) is 2.28. The quantitative estimate of drug-likeness (QED) is 0.258. The minimum atomic E-state index is -1.35. The average molecular weight is 637 g/mol. The molecule has 4 amide bonds. The number of phenols is 1. The summed E-state index contributed by atoms with van der Waals surface area (Å²) in [5.41, 5.74) is 0.290. The van der Waals surface area contributed by atoms with Gasteiger partial charge in [-0.25, -0.2) is 14.6 Å². The number of aromatic hydroxyl groups is 1. The Labute approximate surface area is 269 Å². The maximum absolute atomic E-state index is 14.5. The molecule has 3 aromatic rings. The molecule has 0 spiro atoms. The largest absolute Gasteiger partial charge is 0.507 e. The number of ether oxygens (including phenoxy) is 1. The number of rotatable bonds is 7. The van der Waals surface area contributed by atoms with Gasteiger partial charge in [-0.1, -0.05) is 48.0 Å². The predicted molar refractivity (Wildman–Crippen MR) is 168 cm³/mol. The lowest BCUT2D eigenvalue weighted by atomic mass is 9.51. The van der Waals surface area contributed by atoms with Crippen molar-refractivity contribution in [3.63, 3.8) is 0 Å². The van der Waals surface area contributed by atoms with Gasteiger partial charge in [0.15, 0.2) is 0 Å². The third-order valence-corrected chi connectivity index (χ3v) is 10.3. The number of para-hydroxylation sites is 2. The Kier molecular flexibility index (Phi) is 7.24. The molecule has 7 rings (SSSR count). The van der Waals surface area contributed by atoms with E-state index in [0.29, 0.717) is 17.0 Å². The molecule has 11 nitrogen and oxygen atoms in total. The van der Waals surface area contributed by atoms with Crippen LogP contribution in [0.4, 0.5) is 11.4 Å². The Bertz CT molecular complexity index is 1870. The highest BCUT2D eigenvalue weighted by Crippen LogP contribution is 2.64. The number of imide groups is 2. The van der Waals surface area contributed by atoms with Crippen molar-refractivity contribution in [1.29, 1.82) is 0 Å². The zero-order valence-corrected chi connectivity index (χ0v) is 25.4. The number of hydrogen-bond acceptors (Lipinski definition) is 8. The topological polar surface area (TPSA) is 162 Å². The Balaban J connectivity index is 1.35. The van der Waals surface area contributed by atoms with Gasteiger partial charge in [-0.15, -0.1) is 0 Å². The number of carboxylic acids is 1. The van der Waals surface area contributed by atoms with E-state index in [9.17, 15) is 39.3 Å². The van der Waals surface area contributed by atoms with Gasteiger partial charge in [0.05, 0.1) is 41.2 Å². The monoisotopic (exact) mass is 636 g/mol. The van der Waals surface area contributed by atoms with Crippen LogP contribution in [0.5, 0.6) is 11.5 Å². The van der Waals surface area contributed by atoms with Crippen LogP contribution in [0.15, 0.2) is 84.4 Å². The van der Waals surface area contributed by atoms with Crippen molar-refractivity contribution in [3.8, 4) is 11.5 Å². The summed E-state index contributed by atoms with van der Waals surface area (Å²) >= 11 is 0. The second kappa shape index (κ2) is 11.2. The van der Waals surface area contributed by atoms with Crippen molar-refractivity contribution in [2.24, 2.45) is 29.1 Å². The molecule has 2 aliphatic heterocycles. The fourth-order valence-electron chi connectivity index (χ4n) is 8.28. The highest BCUT2D eigenvalue weighted by atomic mass is 16.5. The fraction of sp³-hybridized carbons (Fsp3) is 0.306. The lowest BCUT2D eigenvalue weighted by molar-refractivity contribution is -0.131. The number of nitrogens with zero attached hydrogens (tertiary/aromatic N) is 2. The van der Waals surface area contributed by atoms with Crippen molar-refractivity contribution >= 4 is 41.0 Å². The lowest BCUT2D eigenvalue weighted by Crippen LogP contribution is -2.49. The predicted octanol–water partition coefficient (Wildman–Crippen LogP) is 3.90. The second-order valence-corrected chi connectivity index (χ2v) is 12.6. The fourth-order valence-corrected chi connectivity index (χ4v) is 8.28. The lowest BCUT2D eigenvalue weighted by Gasteiger charge is -2.49. The summed E-state index contributed by atoms with van der Waals surface area (Å²) in [5, 5.41) is 29.2. The summed E-state index contributed by atoms with van der Waals surface area (Å²) in [6.45, 7) is 1.57. The molecule has 3 aromatic carbocycles. The molecule has 2 saturated heterocycles. The van der Waals surface area contributed by atoms with Crippen LogP contribution in [-0.2, 0) is 19.2 Å². The van der Waals surface area contributed by atoms with Crippen LogP contribution in [0.1, 0.15) is 41.6 Å². The Morgan fingerprint density at radius 3 is 2.32 bits per heavy atom. The first kappa shape index (κ1) is 30.4. The van der Waals surface area contributed by atoms with Gasteiger partial charge in [-0.2, -0.15) is 0 Å². The van der Waals surface area contributed by atoms with Crippen LogP contribution in [-0.4, -0.2) is 58.1 Å². The van der Waals surface area contributed by atoms with Gasteiger partial charge < -0.3 is 20.1 Å². The van der Waals surface area contributed by atoms with E-state index in [1.807, 2.05) is 18.2 Å². The number of benzene rings is 3. The molecule has 0 radical (unpaired) electrons. The van der Waals surface area contributed by atoms with E-state index in [-0.39, 0.29) is 49.1 Å². The van der Waals surface area contributed by atoms with Crippen LogP contribution in [0.25, 0.3) is 0 Å². The standard InChI is InChI=1S/C36H32N2O9/c1-36-26(32(42)38(35(36)46)19-7-3-2-4-8-19)18-25-21(30(36)23-9-5-6-10-28(23)47-16-15-39)13-14-24-29(25)33(43)37(31(24)41)20-11-12-22(34(44)45)27(40)17-20/h2-13,17,24-26,29-30,39-40H,14-16,18H2,1H3,(H,44,45). The molecule has 3 N–H and O–H groups in total. The van der Waals surface area contributed by atoms with Gasteiger partial charge in [0.1, 0.15) is 23.7 Å². The third-order valence-electron chi connectivity index (χ3n) is 10.3. The van der Waals surface area contributed by atoms with Crippen LogP contribution >= 0.6 is 0 Å². The molecule has 47 heavy (non-hydrogen) atoms. The smallest absolute Gasteiger partial charge is 0.339 e. The Morgan fingerprint density at radius 1 is 0.894 bits per heavy atom. The molecule has 6 unspecified atom stereocenters. The van der Waals surface area contributed by atoms with Gasteiger partial charge in [0, 0.05) is 17.5 Å². The zero-order chi connectivity index (χ0) is 33.2. The van der Waals surface area contributed by atoms with E-state index >= 15 is 0 Å². The normalized spacial score (nSPS) is 28.1. The number of hydrogen-bond donors (Lipinski definition) is 3. The van der Waals surface area contributed by atoms with E-state index in [2.05, 4.69) is 0 Å². The first-order valence-corrected chi connectivity index (χ1v) is 15.5. The molecular weight excluding hydrogens is 604 g/mol. The maximum atomic E-state index is 14.5. The average Bonchev–Trinajstić information content (AvgIpc) is 3.43. The Hall–Kier alpha value is -5.29. The van der Waals surface area contributed by atoms with Gasteiger partial charge in [-0.05, 0) is 56.0 Å². The molecular formula is C36H32N2O9. The number of fused-ring (bicyclic) bond motifs is 4. The number of amides is 4. The highest BCUT2D eigenvalue weighted by molar-refractivity contribution is 6.25. The van der Waals surface area contributed by atoms with Crippen LogP contribution in [0.2, 0.25) is 0 Å². The third kappa shape index (κ3) is 4.40. The van der Waals surface area contributed by atoms with Crippen LogP contribution < -0.4 is 14.5 Å². The van der Waals surface area contributed by atoms with Crippen molar-refractivity contribution in [2.75, 3.05) is 23.0 Å². The van der Waals surface area contributed by atoms with E-state index in [1.165, 1.54) is 11.0 Å². The molecule has 240 valence electrons. The summed E-state index contributed by atoms with van der Waals surface area (Å²) in [7, 11) is 0. The number of allylic oxidation sites excluding steroid dienone is 2. The van der Waals surface area contributed by atoms with Gasteiger partial charge in [0.2, 0.25) is 23.6 Å². The number of aliphatic hydroxyl groups excluding tert-OH is 1. The van der Waals surface area contributed by atoms with Crippen LogP contribution in [0.3, 0.4) is 0 Å². The van der Waals surface area contributed by atoms with Crippen molar-refractivity contribution in [2.45, 2.75) is 25.7 Å². The summed E-state index contributed by atoms with van der Waals surface area (Å²) in [4.78, 5) is 70.6. The second-order valence-electron chi connectivity index (χ2n) is 12.6. The van der Waals surface area contributed by atoms with E-state index in [4.69, 9.17) is 4.74 Å². The van der Waals surface area contributed by atoms with E-state index < -0.39 is 58.5 Å². The SMILES string of the molecule is CC12C(=O)N(c3ccccc3)C(=O)C1CC1C(=CCC3C(=O)N(c4ccc(C(=O)O)c(O)c4)C(=O)C31)C2c1ccccc1OCCO. The number of aromatic carboxylic acids is 1. The van der Waals surface area contributed by atoms with Gasteiger partial charge >= 0.3 is 5.97 Å². The van der Waals surface area contributed by atoms with Crippen LogP contribution in [0, 0.1) is 29.1 Å². The summed E-state index contributed by atoms with van der Waals surface area (Å²) in [5.74, 6) is -6.93. The van der Waals surface area contributed by atoms with Crippen molar-refractivity contribution < 1.29 is 44.0 Å². The molecule has 0 aromatic heterocycles. The molecule has 0 bridgehead atoms. The first-order chi connectivity index (χ1) is 22.6. The molecule has 1 saturated carbocycles. The molecule has 2 heterocycles. The number of carbonyl (C=O) groups excluding carboxylic acids is 4. The highest BCUT2D eigenvalue weighted by Gasteiger charge is 2.68. The first-order valence-electron chi connectivity index (χ1n) is 15.5. The zero-order valence-electron chi connectivity index (χ0n) is 25.4. The van der Waals surface area contributed by atoms with Crippen molar-refractivity contribution in [1.82, 2.24) is 0 Å². The molecule has 2 aliphatic carbocycles. The molecule has 11 heteroatoms. The minimum absolute atomic E-state index is 0.00945. The number of carboxylic acid groups (broad SMARTS) is 1. The molecule has 6 atom stereocenters. The molecule has 3 fully saturated rings. The van der Waals surface area contributed by atoms with Gasteiger partial charge in [0.25, 0.3) is 0 Å².